The molecule has 7 heterocycles. The first-order valence-corrected chi connectivity index (χ1v) is 38.0. The van der Waals surface area contributed by atoms with Crippen LogP contribution >= 0.6 is 0 Å². The molecule has 0 N–H and O–H groups in total. The van der Waals surface area contributed by atoms with Crippen LogP contribution in [0.25, 0.3) is 0 Å². The van der Waals surface area contributed by atoms with Crippen molar-refractivity contribution in [2.75, 3.05) is 6.61 Å². The molecule has 102 heavy (non-hydrogen) atoms. The Kier molecular flexibility index (Phi) is 28.8. The van der Waals surface area contributed by atoms with E-state index in [9.17, 15) is 9.59 Å². The van der Waals surface area contributed by atoms with Gasteiger partial charge in [-0.2, -0.15) is 0 Å². The van der Waals surface area contributed by atoms with E-state index in [4.69, 9.17) is 85.3 Å². The maximum Gasteiger partial charge on any atom is 0.309 e. The monoisotopic (exact) mass is 1420 g/mol. The van der Waals surface area contributed by atoms with Crippen LogP contribution in [0.15, 0.2) is 121 Å². The minimum absolute atomic E-state index is 0.0199. The summed E-state index contributed by atoms with van der Waals surface area (Å²) in [6, 6.07) is 38.9. The molecule has 2 bridgehead atoms. The lowest BCUT2D eigenvalue weighted by molar-refractivity contribution is -0.414. The minimum atomic E-state index is -1.65. The summed E-state index contributed by atoms with van der Waals surface area (Å²) in [5.41, 5.74) is 3.41. The fraction of sp³-hybridized carbons (Fsp3) is 0.667. The van der Waals surface area contributed by atoms with E-state index in [0.29, 0.717) is 19.3 Å². The van der Waals surface area contributed by atoms with Gasteiger partial charge in [-0.1, -0.05) is 214 Å². The maximum absolute atomic E-state index is 15.1. The van der Waals surface area contributed by atoms with E-state index < -0.39 is 165 Å². The maximum atomic E-state index is 15.1. The Hall–Kier alpha value is -5.31. The van der Waals surface area contributed by atoms with Gasteiger partial charge in [-0.05, 0) is 83.4 Å². The zero-order valence-corrected chi connectivity index (χ0v) is 61.4. The zero-order valence-electron chi connectivity index (χ0n) is 61.4. The zero-order chi connectivity index (χ0) is 71.7. The van der Waals surface area contributed by atoms with E-state index in [1.54, 1.807) is 20.8 Å². The Morgan fingerprint density at radius 3 is 1.63 bits per heavy atom. The Bertz CT molecular complexity index is 3150. The van der Waals surface area contributed by atoms with Crippen LogP contribution in [0.1, 0.15) is 194 Å². The van der Waals surface area contributed by atoms with Gasteiger partial charge < -0.3 is 85.3 Å². The first-order chi connectivity index (χ1) is 49.5. The molecule has 0 spiro atoms. The summed E-state index contributed by atoms with van der Waals surface area (Å²) in [5.74, 6) is -3.99. The standard InChI is InChI=1S/C81H112O21/c1-11-14-24-43-59-44-33-18-16-15-17-19-34-45-61(82)94-68-65-60(49-88-76(97-65)58-41-31-23-32-42-58)93-80(100-73-69-64(101-81(9,10)102-69)54(8)91-78(73)92-59)72(68)99-79-71(96-75(84)51(5)13-3)67(63(53(7)90-79)95-74(83)50(4)12-2)98-77-70(87-48-57-39-29-22-30-40-57)66(86-47-56-37-27-21-28-38-56)62(52(6)89-77)85-46-55-35-25-20-26-36-55/h20-23,25-32,35-42,50-54,59-60,62-73,76-80H,11-19,24,33-34,43-49H2,1-10H3/t50-,51?,52-,53-,54+,59-,60+,62-,63-,64-,65+,66+,67+,68-,69-,70+,71+,72+,73+,76+,77-,78-,79-,80-/m0/s1. The van der Waals surface area contributed by atoms with Crippen molar-refractivity contribution in [2.24, 2.45) is 11.8 Å². The SMILES string of the molecule is CCCCC[C@H]1CCCCCCCCCC(=O)O[C@@H]2[C@@H](O[C@@H]3O[C@@H](C)[C@H](OC(=O)[C@@H](C)CC)[C@@H](O[C@@H]4O[C@@H](C)[C@H](OCc5ccccc5)[C@@H](OCc5ccccc5)[C@H]4OCc4ccccc4)[C@H]3OC(=O)C(C)CC)[C@H](O[C@H]3[C@H](O1)O[C@H](C)[C@@H]1OC(C)(C)O[C@@H]13)O[C@@H]1CO[C@@H](c3ccccc3)O[C@@H]21. The van der Waals surface area contributed by atoms with Crippen LogP contribution in [0.3, 0.4) is 0 Å². The van der Waals surface area contributed by atoms with Crippen molar-refractivity contribution in [2.45, 2.75) is 326 Å². The van der Waals surface area contributed by atoms with Gasteiger partial charge in [0.1, 0.15) is 54.9 Å². The first-order valence-electron chi connectivity index (χ1n) is 38.0. The summed E-state index contributed by atoms with van der Waals surface area (Å²) in [7, 11) is 0. The number of esters is 3. The molecule has 4 aromatic carbocycles. The number of ether oxygens (including phenoxy) is 18. The predicted octanol–water partition coefficient (Wildman–Crippen LogP) is 13.8. The van der Waals surface area contributed by atoms with Gasteiger partial charge in [-0.3, -0.25) is 14.4 Å². The summed E-state index contributed by atoms with van der Waals surface area (Å²) < 4.78 is 127. The number of carbonyl (C=O) groups is 3. The molecular weight excluding hydrogens is 1310 g/mol. The molecule has 7 aliphatic heterocycles. The summed E-state index contributed by atoms with van der Waals surface area (Å²) >= 11 is 0. The Morgan fingerprint density at radius 2 is 1.02 bits per heavy atom. The van der Waals surface area contributed by atoms with Gasteiger partial charge in [0.05, 0.1) is 62.7 Å². The Morgan fingerprint density at radius 1 is 0.490 bits per heavy atom. The molecule has 7 fully saturated rings. The van der Waals surface area contributed by atoms with Gasteiger partial charge >= 0.3 is 17.9 Å². The van der Waals surface area contributed by atoms with E-state index in [-0.39, 0.29) is 39.0 Å². The number of hydrogen-bond donors (Lipinski definition) is 0. The number of unbranched alkanes of at least 4 members (excludes halogenated alkanes) is 2. The largest absolute Gasteiger partial charge is 0.456 e. The molecule has 0 amide bonds. The molecule has 1 unspecified atom stereocenters. The highest BCUT2D eigenvalue weighted by Gasteiger charge is 2.62. The normalized spacial score (nSPS) is 35.3. The quantitative estimate of drug-likeness (QED) is 0.0362. The Balaban J connectivity index is 1.03. The molecular formula is C81H112O21. The fourth-order valence-corrected chi connectivity index (χ4v) is 14.6. The van der Waals surface area contributed by atoms with Gasteiger partial charge in [-0.15, -0.1) is 0 Å². The van der Waals surface area contributed by atoms with Gasteiger partial charge in [0, 0.05) is 12.0 Å². The molecule has 24 atom stereocenters. The van der Waals surface area contributed by atoms with Gasteiger partial charge in [0.2, 0.25) is 0 Å². The van der Waals surface area contributed by atoms with Gasteiger partial charge in [-0.25, -0.2) is 0 Å². The molecule has 7 saturated heterocycles. The topological polar surface area (TPSA) is 217 Å². The van der Waals surface area contributed by atoms with Gasteiger partial charge in [0.25, 0.3) is 0 Å². The lowest BCUT2D eigenvalue weighted by Gasteiger charge is -2.52. The van der Waals surface area contributed by atoms with Crippen LogP contribution in [0.5, 0.6) is 0 Å². The smallest absolute Gasteiger partial charge is 0.309 e. The van der Waals surface area contributed by atoms with Crippen LogP contribution in [0, 0.1) is 11.8 Å². The second-order valence-electron chi connectivity index (χ2n) is 29.1. The van der Waals surface area contributed by atoms with Crippen LogP contribution in [0.4, 0.5) is 0 Å². The number of hydrogen-bond acceptors (Lipinski definition) is 21. The van der Waals surface area contributed by atoms with Crippen molar-refractivity contribution in [1.29, 1.82) is 0 Å². The summed E-state index contributed by atoms with van der Waals surface area (Å²) in [6.45, 7) is 19.3. The molecule has 0 saturated carbocycles. The van der Waals surface area contributed by atoms with Crippen molar-refractivity contribution in [3.05, 3.63) is 144 Å². The van der Waals surface area contributed by atoms with Crippen LogP contribution in [-0.4, -0.2) is 159 Å². The van der Waals surface area contributed by atoms with Crippen molar-refractivity contribution >= 4 is 17.9 Å². The second-order valence-corrected chi connectivity index (χ2v) is 29.1. The molecule has 0 aliphatic carbocycles. The van der Waals surface area contributed by atoms with Crippen LogP contribution in [0.2, 0.25) is 0 Å². The fourth-order valence-electron chi connectivity index (χ4n) is 14.6. The third-order valence-corrected chi connectivity index (χ3v) is 20.8. The molecule has 7 aliphatic rings. The average Bonchev–Trinajstić information content (AvgIpc) is 1.34. The van der Waals surface area contributed by atoms with Crippen LogP contribution < -0.4 is 0 Å². The van der Waals surface area contributed by atoms with Crippen LogP contribution in [-0.2, 0) is 119 Å². The van der Waals surface area contributed by atoms with Crippen molar-refractivity contribution in [3.8, 4) is 0 Å². The van der Waals surface area contributed by atoms with Gasteiger partial charge in [0.15, 0.2) is 61.7 Å². The molecule has 4 aromatic rings. The minimum Gasteiger partial charge on any atom is -0.456 e. The lowest BCUT2D eigenvalue weighted by Crippen LogP contribution is -2.69. The second kappa shape index (κ2) is 37.8. The van der Waals surface area contributed by atoms with Crippen molar-refractivity contribution in [3.63, 3.8) is 0 Å². The molecule has 0 aromatic heterocycles. The molecule has 11 rings (SSSR count). The highest BCUT2D eigenvalue weighted by molar-refractivity contribution is 5.73. The van der Waals surface area contributed by atoms with E-state index in [0.717, 1.165) is 92.9 Å². The number of benzene rings is 4. The number of fused-ring (bicyclic) bond motifs is 7. The summed E-state index contributed by atoms with van der Waals surface area (Å²) in [6.07, 6.45) is -11.3. The summed E-state index contributed by atoms with van der Waals surface area (Å²) in [4.78, 5) is 44.6. The van der Waals surface area contributed by atoms with Crippen molar-refractivity contribution < 1.29 is 99.6 Å². The highest BCUT2D eigenvalue weighted by atomic mass is 16.8. The number of rotatable bonds is 24. The van der Waals surface area contributed by atoms with E-state index >= 15 is 4.79 Å². The molecule has 21 heteroatoms. The van der Waals surface area contributed by atoms with E-state index in [1.807, 2.05) is 163 Å². The number of carbonyl (C=O) groups excluding carboxylic acids is 3. The Labute approximate surface area is 603 Å². The van der Waals surface area contributed by atoms with Crippen molar-refractivity contribution in [1.82, 2.24) is 0 Å². The predicted molar refractivity (Wildman–Crippen MR) is 374 cm³/mol. The summed E-state index contributed by atoms with van der Waals surface area (Å²) in [5, 5.41) is 0. The molecule has 562 valence electrons. The lowest BCUT2D eigenvalue weighted by atomic mass is 9.94. The molecule has 0 radical (unpaired) electrons. The van der Waals surface area contributed by atoms with E-state index in [1.165, 1.54) is 0 Å². The molecule has 21 nitrogen and oxygen atoms in total. The van der Waals surface area contributed by atoms with E-state index in [2.05, 4.69) is 6.92 Å². The third kappa shape index (κ3) is 20.4. The first kappa shape index (κ1) is 77.8. The average molecular weight is 1420 g/mol. The highest BCUT2D eigenvalue weighted by Crippen LogP contribution is 2.45. The third-order valence-electron chi connectivity index (χ3n) is 20.8.